The van der Waals surface area contributed by atoms with E-state index in [0.29, 0.717) is 17.8 Å². The molecule has 3 rings (SSSR count). The minimum absolute atomic E-state index is 0. The van der Waals surface area contributed by atoms with E-state index in [4.69, 9.17) is 16.9 Å². The number of nitrogens with one attached hydrogen (secondary N) is 2. The first kappa shape index (κ1) is 29.1. The van der Waals surface area contributed by atoms with Crippen LogP contribution in [0.3, 0.4) is 0 Å². The number of para-hydroxylation sites is 2. The highest BCUT2D eigenvalue weighted by Gasteiger charge is 2.36. The molecule has 0 aromatic heterocycles. The lowest BCUT2D eigenvalue weighted by atomic mass is 10.1. The van der Waals surface area contributed by atoms with E-state index in [0.717, 1.165) is 37.6 Å². The molecule has 12 heteroatoms. The number of nitrogens with two attached hydrogens (primary N) is 2. The third-order valence-corrected chi connectivity index (χ3v) is 6.72. The van der Waals surface area contributed by atoms with Crippen molar-refractivity contribution in [2.24, 2.45) is 11.5 Å². The third-order valence-electron chi connectivity index (χ3n) is 5.61. The number of halogens is 2. The number of carbonyl (C=O) groups is 2. The number of carbonyl (C=O) groups excluding carboxylic acids is 2. The Morgan fingerprint density at radius 2 is 1.76 bits per heavy atom. The second kappa shape index (κ2) is 13.0. The van der Waals surface area contributed by atoms with Crippen molar-refractivity contribution in [2.75, 3.05) is 49.6 Å². The Bertz CT molecular complexity index is 878. The van der Waals surface area contributed by atoms with Gasteiger partial charge in [-0.25, -0.2) is 0 Å². The van der Waals surface area contributed by atoms with Gasteiger partial charge in [-0.2, -0.15) is 0 Å². The van der Waals surface area contributed by atoms with Crippen LogP contribution < -0.4 is 26.6 Å². The van der Waals surface area contributed by atoms with Gasteiger partial charge in [0.2, 0.25) is 5.91 Å². The molecular formula is C21H33Cl2N7O2S. The largest absolute Gasteiger partial charge is 0.369 e. The molecule has 1 aromatic carbocycles. The molecular weight excluding hydrogens is 485 g/mol. The zero-order valence-electron chi connectivity index (χ0n) is 18.8. The van der Waals surface area contributed by atoms with Crippen molar-refractivity contribution in [1.82, 2.24) is 10.2 Å². The first-order valence-electron chi connectivity index (χ1n) is 10.4. The van der Waals surface area contributed by atoms with E-state index in [1.54, 1.807) is 5.41 Å². The molecule has 1 saturated heterocycles. The zero-order chi connectivity index (χ0) is 22.5. The topological polar surface area (TPSA) is 132 Å². The molecule has 2 unspecified atom stereocenters. The molecule has 2 aliphatic heterocycles. The first-order chi connectivity index (χ1) is 14.8. The number of thioether (sulfide) groups is 1. The Balaban J connectivity index is 0.00000272. The summed E-state index contributed by atoms with van der Waals surface area (Å²) in [5, 5.41) is 13.3. The van der Waals surface area contributed by atoms with Crippen molar-refractivity contribution in [3.05, 3.63) is 35.4 Å². The molecule has 0 aliphatic carbocycles. The highest BCUT2D eigenvalue weighted by molar-refractivity contribution is 8.03. The lowest BCUT2D eigenvalue weighted by Crippen LogP contribution is -2.49. The molecule has 0 radical (unpaired) electrons. The van der Waals surface area contributed by atoms with Gasteiger partial charge < -0.3 is 32.0 Å². The number of benzene rings is 1. The number of piperazine rings is 1. The third kappa shape index (κ3) is 7.00. The van der Waals surface area contributed by atoms with Crippen molar-refractivity contribution in [3.8, 4) is 0 Å². The van der Waals surface area contributed by atoms with Crippen LogP contribution in [0.5, 0.6) is 0 Å². The van der Waals surface area contributed by atoms with Gasteiger partial charge in [0.15, 0.2) is 0 Å². The first-order valence-corrected chi connectivity index (χ1v) is 11.3. The van der Waals surface area contributed by atoms with Crippen molar-refractivity contribution >= 4 is 65.5 Å². The molecule has 184 valence electrons. The van der Waals surface area contributed by atoms with Crippen LogP contribution in [0.1, 0.15) is 13.3 Å². The quantitative estimate of drug-likeness (QED) is 0.363. The van der Waals surface area contributed by atoms with E-state index >= 15 is 0 Å². The highest BCUT2D eigenvalue weighted by Crippen LogP contribution is 2.41. The highest BCUT2D eigenvalue weighted by atomic mass is 35.5. The molecule has 2 heterocycles. The summed E-state index contributed by atoms with van der Waals surface area (Å²) in [6.07, 6.45) is 0.568. The molecule has 2 amide bonds. The Hall–Kier alpha value is -1.98. The Morgan fingerprint density at radius 1 is 1.15 bits per heavy atom. The maximum atomic E-state index is 12.2. The molecule has 0 saturated carbocycles. The lowest BCUT2D eigenvalue weighted by molar-refractivity contribution is -0.119. The number of primary amides is 2. The van der Waals surface area contributed by atoms with Gasteiger partial charge in [-0.3, -0.25) is 14.5 Å². The molecule has 33 heavy (non-hydrogen) atoms. The summed E-state index contributed by atoms with van der Waals surface area (Å²) in [4.78, 5) is 29.6. The van der Waals surface area contributed by atoms with Crippen LogP contribution in [0, 0.1) is 5.41 Å². The number of nitrogens with zero attached hydrogens (tertiary/aromatic N) is 3. The number of hydrogen-bond acceptors (Lipinski definition) is 8. The van der Waals surface area contributed by atoms with Crippen LogP contribution >= 0.6 is 36.6 Å². The van der Waals surface area contributed by atoms with Gasteiger partial charge in [0.05, 0.1) is 17.9 Å². The van der Waals surface area contributed by atoms with Gasteiger partial charge in [0, 0.05) is 49.8 Å². The predicted octanol–water partition coefficient (Wildman–Crippen LogP) is 1.36. The summed E-state index contributed by atoms with van der Waals surface area (Å²) < 4.78 is 0. The molecule has 1 fully saturated rings. The van der Waals surface area contributed by atoms with E-state index in [1.807, 2.05) is 48.0 Å². The molecule has 6 N–H and O–H groups in total. The fourth-order valence-corrected chi connectivity index (χ4v) is 4.98. The molecule has 2 aliphatic rings. The number of rotatable bonds is 9. The maximum Gasteiger partial charge on any atom is 0.265 e. The van der Waals surface area contributed by atoms with Gasteiger partial charge in [0.1, 0.15) is 11.1 Å². The van der Waals surface area contributed by atoms with E-state index in [2.05, 4.69) is 10.2 Å². The average Bonchev–Trinajstić information content (AvgIpc) is 3.19. The summed E-state index contributed by atoms with van der Waals surface area (Å²) in [5.41, 5.74) is 13.8. The van der Waals surface area contributed by atoms with Gasteiger partial charge in [0.25, 0.3) is 5.91 Å². The molecule has 9 nitrogen and oxygen atoms in total. The second-order valence-corrected chi connectivity index (χ2v) is 8.82. The summed E-state index contributed by atoms with van der Waals surface area (Å²) in [6.45, 7) is 5.21. The van der Waals surface area contributed by atoms with Gasteiger partial charge in [-0.15, -0.1) is 36.6 Å². The lowest BCUT2D eigenvalue weighted by Gasteiger charge is -2.38. The van der Waals surface area contributed by atoms with Crippen molar-refractivity contribution in [1.29, 1.82) is 5.41 Å². The Labute approximate surface area is 211 Å². The smallest absolute Gasteiger partial charge is 0.265 e. The Kier molecular flexibility index (Phi) is 11.5. The van der Waals surface area contributed by atoms with E-state index in [1.165, 1.54) is 11.8 Å². The molecule has 0 spiro atoms. The van der Waals surface area contributed by atoms with E-state index in [-0.39, 0.29) is 48.7 Å². The minimum Gasteiger partial charge on any atom is -0.369 e. The molecule has 1 aromatic rings. The summed E-state index contributed by atoms with van der Waals surface area (Å²) in [6, 6.07) is 8.05. The maximum absolute atomic E-state index is 12.2. The van der Waals surface area contributed by atoms with Gasteiger partial charge in [-0.1, -0.05) is 12.1 Å². The van der Waals surface area contributed by atoms with Crippen molar-refractivity contribution in [2.45, 2.75) is 24.8 Å². The van der Waals surface area contributed by atoms with Crippen LogP contribution in [0.4, 0.5) is 11.4 Å². The van der Waals surface area contributed by atoms with Gasteiger partial charge >= 0.3 is 0 Å². The van der Waals surface area contributed by atoms with Crippen LogP contribution in [0.2, 0.25) is 0 Å². The number of anilines is 2. The number of hydrogen-bond donors (Lipinski definition) is 4. The SMILES string of the molecule is CNC(C)CC(=N)C1SC=C(C(N)=O)N1c1ccccc1N1CCN(CC(N)=O)CC1.Cl.Cl. The summed E-state index contributed by atoms with van der Waals surface area (Å²) in [7, 11) is 1.87. The summed E-state index contributed by atoms with van der Waals surface area (Å²) >= 11 is 1.44. The van der Waals surface area contributed by atoms with Crippen molar-refractivity contribution in [3.63, 3.8) is 0 Å². The van der Waals surface area contributed by atoms with Crippen molar-refractivity contribution < 1.29 is 9.59 Å². The summed E-state index contributed by atoms with van der Waals surface area (Å²) in [5.74, 6) is -0.832. The predicted molar refractivity (Wildman–Crippen MR) is 141 cm³/mol. The standard InChI is InChI=1S/C21H31N7O2S.2ClH/c1-14(25-2)11-15(22)21-28(18(13-31-21)20(24)30)17-6-4-3-5-16(17)27-9-7-26(8-10-27)12-19(23)29;;/h3-6,13-14,21-22,25H,7-12H2,1-2H3,(H2,23,29)(H2,24,30);2*1H. The zero-order valence-corrected chi connectivity index (χ0v) is 21.3. The fourth-order valence-electron chi connectivity index (χ4n) is 3.88. The van der Waals surface area contributed by atoms with Crippen LogP contribution in [0.25, 0.3) is 0 Å². The second-order valence-electron chi connectivity index (χ2n) is 7.86. The minimum atomic E-state index is -0.509. The van der Waals surface area contributed by atoms with Crippen LogP contribution in [-0.2, 0) is 9.59 Å². The van der Waals surface area contributed by atoms with Crippen LogP contribution in [0.15, 0.2) is 35.4 Å². The van der Waals surface area contributed by atoms with Gasteiger partial charge in [-0.05, 0) is 26.1 Å². The average molecular weight is 519 g/mol. The monoisotopic (exact) mass is 517 g/mol. The normalized spacial score (nSPS) is 19.2. The van der Waals surface area contributed by atoms with E-state index < -0.39 is 5.91 Å². The fraction of sp³-hybridized carbons (Fsp3) is 0.476. The molecule has 0 bridgehead atoms. The Morgan fingerprint density at radius 3 is 2.30 bits per heavy atom. The van der Waals surface area contributed by atoms with Crippen LogP contribution in [-0.4, -0.2) is 73.6 Å². The molecule has 2 atom stereocenters. The van der Waals surface area contributed by atoms with E-state index in [9.17, 15) is 9.59 Å². The number of amides is 2.